The average Bonchev–Trinajstić information content (AvgIpc) is 2.90. The first-order valence-electron chi connectivity index (χ1n) is 8.46. The van der Waals surface area contributed by atoms with Gasteiger partial charge in [-0.1, -0.05) is 86.2 Å². The summed E-state index contributed by atoms with van der Waals surface area (Å²) in [5.74, 6) is 1.14. The Hall–Kier alpha value is -2.34. The number of benzene rings is 3. The van der Waals surface area contributed by atoms with Gasteiger partial charge in [-0.2, -0.15) is 0 Å². The van der Waals surface area contributed by atoms with Gasteiger partial charge in [-0.25, -0.2) is 0 Å². The van der Waals surface area contributed by atoms with E-state index < -0.39 is 0 Å². The topological polar surface area (TPSA) is 0 Å². The summed E-state index contributed by atoms with van der Waals surface area (Å²) in [6, 6.07) is 22.1. The highest BCUT2D eigenvalue weighted by molar-refractivity contribution is 5.98. The molecule has 0 amide bonds. The lowest BCUT2D eigenvalue weighted by Crippen LogP contribution is -2.07. The molecule has 1 aliphatic rings. The SMILES string of the molecule is CC1=Cc2cccc(-c3cccc4ccccc34)c2C1C(C)C. The fourth-order valence-corrected chi connectivity index (χ4v) is 4.17. The van der Waals surface area contributed by atoms with Crippen molar-refractivity contribution in [3.8, 4) is 11.1 Å². The van der Waals surface area contributed by atoms with Gasteiger partial charge in [0.15, 0.2) is 0 Å². The smallest absolute Gasteiger partial charge is 0.00838 e. The maximum atomic E-state index is 2.37. The first-order chi connectivity index (χ1) is 11.2. The normalized spacial score (nSPS) is 16.7. The molecule has 114 valence electrons. The van der Waals surface area contributed by atoms with Gasteiger partial charge < -0.3 is 0 Å². The standard InChI is InChI=1S/C23H22/c1-15(2)22-16(3)14-18-10-7-13-21(23(18)22)20-12-6-9-17-8-4-5-11-19(17)20/h4-15,22H,1-3H3. The summed E-state index contributed by atoms with van der Waals surface area (Å²) in [6.07, 6.45) is 2.37. The molecule has 0 saturated carbocycles. The Balaban J connectivity index is 2.01. The average molecular weight is 298 g/mol. The van der Waals surface area contributed by atoms with Crippen LogP contribution in [0, 0.1) is 5.92 Å². The van der Waals surface area contributed by atoms with Gasteiger partial charge >= 0.3 is 0 Å². The van der Waals surface area contributed by atoms with Crippen LogP contribution in [0.4, 0.5) is 0 Å². The molecule has 0 saturated heterocycles. The van der Waals surface area contributed by atoms with Gasteiger partial charge in [-0.15, -0.1) is 0 Å². The predicted octanol–water partition coefficient (Wildman–Crippen LogP) is 6.66. The van der Waals surface area contributed by atoms with Gasteiger partial charge in [0, 0.05) is 5.92 Å². The molecule has 0 aliphatic heterocycles. The first-order valence-corrected chi connectivity index (χ1v) is 8.46. The Morgan fingerprint density at radius 2 is 1.48 bits per heavy atom. The fraction of sp³-hybridized carbons (Fsp3) is 0.217. The third-order valence-electron chi connectivity index (χ3n) is 5.07. The lowest BCUT2D eigenvalue weighted by molar-refractivity contribution is 0.564. The van der Waals surface area contributed by atoms with Crippen LogP contribution in [0.2, 0.25) is 0 Å². The van der Waals surface area contributed by atoms with E-state index >= 15 is 0 Å². The summed E-state index contributed by atoms with van der Waals surface area (Å²) < 4.78 is 0. The Bertz CT molecular complexity index is 907. The van der Waals surface area contributed by atoms with E-state index in [1.54, 1.807) is 0 Å². The molecule has 23 heavy (non-hydrogen) atoms. The lowest BCUT2D eigenvalue weighted by Gasteiger charge is -2.22. The molecular weight excluding hydrogens is 276 g/mol. The van der Waals surface area contributed by atoms with E-state index in [-0.39, 0.29) is 0 Å². The molecule has 0 spiro atoms. The Labute approximate surface area is 138 Å². The molecule has 0 fully saturated rings. The Morgan fingerprint density at radius 3 is 2.30 bits per heavy atom. The van der Waals surface area contributed by atoms with E-state index in [1.165, 1.54) is 38.6 Å². The molecule has 0 bridgehead atoms. The zero-order valence-corrected chi connectivity index (χ0v) is 14.0. The highest BCUT2D eigenvalue weighted by atomic mass is 14.3. The minimum Gasteiger partial charge on any atom is -0.0649 e. The number of fused-ring (bicyclic) bond motifs is 2. The van der Waals surface area contributed by atoms with Crippen molar-refractivity contribution in [2.45, 2.75) is 26.7 Å². The second-order valence-electron chi connectivity index (χ2n) is 6.95. The van der Waals surface area contributed by atoms with E-state index in [0.717, 1.165) is 0 Å². The van der Waals surface area contributed by atoms with E-state index in [4.69, 9.17) is 0 Å². The van der Waals surface area contributed by atoms with E-state index in [1.807, 2.05) is 0 Å². The van der Waals surface area contributed by atoms with Crippen molar-refractivity contribution in [3.05, 3.63) is 77.4 Å². The highest BCUT2D eigenvalue weighted by Crippen LogP contribution is 2.46. The van der Waals surface area contributed by atoms with Crippen molar-refractivity contribution in [1.82, 2.24) is 0 Å². The first kappa shape index (κ1) is 14.3. The third kappa shape index (κ3) is 2.21. The van der Waals surface area contributed by atoms with Crippen molar-refractivity contribution in [1.29, 1.82) is 0 Å². The Kier molecular flexibility index (Phi) is 3.34. The summed E-state index contributed by atoms with van der Waals surface area (Å²) >= 11 is 0. The molecule has 0 nitrogen and oxygen atoms in total. The second kappa shape index (κ2) is 5.38. The molecule has 1 unspecified atom stereocenters. The minimum atomic E-state index is 0.528. The monoisotopic (exact) mass is 298 g/mol. The molecule has 0 radical (unpaired) electrons. The van der Waals surface area contributed by atoms with E-state index in [9.17, 15) is 0 Å². The van der Waals surface area contributed by atoms with Crippen molar-refractivity contribution < 1.29 is 0 Å². The van der Waals surface area contributed by atoms with Gasteiger partial charge in [0.05, 0.1) is 0 Å². The fourth-order valence-electron chi connectivity index (χ4n) is 4.17. The summed E-state index contributed by atoms with van der Waals surface area (Å²) in [6.45, 7) is 6.94. The zero-order chi connectivity index (χ0) is 16.0. The van der Waals surface area contributed by atoms with Crippen LogP contribution < -0.4 is 0 Å². The van der Waals surface area contributed by atoms with Crippen LogP contribution in [-0.2, 0) is 0 Å². The quantitative estimate of drug-likeness (QED) is 0.496. The van der Waals surface area contributed by atoms with Gasteiger partial charge in [0.1, 0.15) is 0 Å². The number of hydrogen-bond acceptors (Lipinski definition) is 0. The molecule has 0 heteroatoms. The Morgan fingerprint density at radius 1 is 0.783 bits per heavy atom. The molecule has 0 N–H and O–H groups in total. The van der Waals surface area contributed by atoms with E-state index in [2.05, 4.69) is 87.5 Å². The van der Waals surface area contributed by atoms with Crippen LogP contribution in [0.1, 0.15) is 37.8 Å². The van der Waals surface area contributed by atoms with Crippen LogP contribution in [-0.4, -0.2) is 0 Å². The van der Waals surface area contributed by atoms with Crippen LogP contribution in [0.25, 0.3) is 28.0 Å². The van der Waals surface area contributed by atoms with Crippen molar-refractivity contribution >= 4 is 16.8 Å². The third-order valence-corrected chi connectivity index (χ3v) is 5.07. The molecule has 3 aromatic carbocycles. The number of hydrogen-bond donors (Lipinski definition) is 0. The van der Waals surface area contributed by atoms with Gasteiger partial charge in [-0.05, 0) is 45.9 Å². The molecule has 1 atom stereocenters. The van der Waals surface area contributed by atoms with Crippen LogP contribution in [0.15, 0.2) is 66.2 Å². The summed E-state index contributed by atoms with van der Waals surface area (Å²) in [5.41, 5.74) is 7.14. The second-order valence-corrected chi connectivity index (χ2v) is 6.95. The summed E-state index contributed by atoms with van der Waals surface area (Å²) in [5, 5.41) is 2.65. The number of rotatable bonds is 2. The molecular formula is C23H22. The lowest BCUT2D eigenvalue weighted by atomic mass is 9.81. The molecule has 1 aliphatic carbocycles. The van der Waals surface area contributed by atoms with Gasteiger partial charge in [0.2, 0.25) is 0 Å². The molecule has 0 aromatic heterocycles. The molecule has 0 heterocycles. The minimum absolute atomic E-state index is 0.528. The van der Waals surface area contributed by atoms with Crippen LogP contribution >= 0.6 is 0 Å². The predicted molar refractivity (Wildman–Crippen MR) is 101 cm³/mol. The molecule has 4 rings (SSSR count). The summed E-state index contributed by atoms with van der Waals surface area (Å²) in [4.78, 5) is 0. The highest BCUT2D eigenvalue weighted by Gasteiger charge is 2.28. The zero-order valence-electron chi connectivity index (χ0n) is 14.0. The van der Waals surface area contributed by atoms with E-state index in [0.29, 0.717) is 11.8 Å². The van der Waals surface area contributed by atoms with Gasteiger partial charge in [0.25, 0.3) is 0 Å². The van der Waals surface area contributed by atoms with Crippen molar-refractivity contribution in [2.24, 2.45) is 5.92 Å². The summed E-state index contributed by atoms with van der Waals surface area (Å²) in [7, 11) is 0. The maximum absolute atomic E-state index is 2.37. The van der Waals surface area contributed by atoms with Crippen LogP contribution in [0.5, 0.6) is 0 Å². The molecule has 3 aromatic rings. The maximum Gasteiger partial charge on any atom is 0.00838 e. The van der Waals surface area contributed by atoms with Crippen molar-refractivity contribution in [2.75, 3.05) is 0 Å². The van der Waals surface area contributed by atoms with Gasteiger partial charge in [-0.3, -0.25) is 0 Å². The van der Waals surface area contributed by atoms with Crippen molar-refractivity contribution in [3.63, 3.8) is 0 Å². The van der Waals surface area contributed by atoms with Crippen LogP contribution in [0.3, 0.4) is 0 Å². The number of allylic oxidation sites excluding steroid dienone is 1. The largest absolute Gasteiger partial charge is 0.0649 e.